The number of carbonyl (C=O) groups excluding carboxylic acids is 2. The highest BCUT2D eigenvalue weighted by atomic mass is 16.6. The lowest BCUT2D eigenvalue weighted by Crippen LogP contribution is -2.34. The molecule has 1 aliphatic carbocycles. The Morgan fingerprint density at radius 1 is 1.36 bits per heavy atom. The molecule has 0 bridgehead atoms. The van der Waals surface area contributed by atoms with Crippen LogP contribution in [0.3, 0.4) is 0 Å². The van der Waals surface area contributed by atoms with Crippen molar-refractivity contribution in [2.45, 2.75) is 38.4 Å². The van der Waals surface area contributed by atoms with Crippen LogP contribution in [0.4, 0.5) is 0 Å². The maximum Gasteiger partial charge on any atom is 0.334 e. The lowest BCUT2D eigenvalue weighted by atomic mass is 9.85. The summed E-state index contributed by atoms with van der Waals surface area (Å²) in [6.07, 6.45) is 3.67. The highest BCUT2D eigenvalue weighted by molar-refractivity contribution is 5.91. The third-order valence-electron chi connectivity index (χ3n) is 4.44. The van der Waals surface area contributed by atoms with Gasteiger partial charge in [-0.3, -0.25) is 0 Å². The Balaban J connectivity index is 2.43. The fraction of sp³-hybridized carbons (Fsp3) is 0.474. The fourth-order valence-electron chi connectivity index (χ4n) is 3.04. The molecule has 0 spiro atoms. The number of aliphatic hydroxyl groups is 2. The van der Waals surface area contributed by atoms with Gasteiger partial charge in [0.25, 0.3) is 0 Å². The van der Waals surface area contributed by atoms with Crippen LogP contribution in [0.2, 0.25) is 0 Å². The van der Waals surface area contributed by atoms with Gasteiger partial charge in [-0.25, -0.2) is 9.59 Å². The van der Waals surface area contributed by atoms with Crippen LogP contribution in [0.1, 0.15) is 26.2 Å². The molecule has 1 fully saturated rings. The molecule has 0 aromatic rings. The molecule has 25 heavy (non-hydrogen) atoms. The number of aliphatic hydroxyl groups excluding tert-OH is 2. The first-order valence-electron chi connectivity index (χ1n) is 8.22. The molecule has 0 aromatic carbocycles. The number of esters is 2. The summed E-state index contributed by atoms with van der Waals surface area (Å²) in [5.41, 5.74) is 1.88. The van der Waals surface area contributed by atoms with Crippen molar-refractivity contribution in [3.8, 4) is 0 Å². The average Bonchev–Trinajstić information content (AvgIpc) is 2.85. The van der Waals surface area contributed by atoms with Crippen molar-refractivity contribution in [2.75, 3.05) is 13.2 Å². The molecule has 0 unspecified atom stereocenters. The van der Waals surface area contributed by atoms with Crippen LogP contribution in [0, 0.1) is 5.92 Å². The van der Waals surface area contributed by atoms with Gasteiger partial charge in [0.15, 0.2) is 0 Å². The summed E-state index contributed by atoms with van der Waals surface area (Å²) in [5, 5.41) is 19.1. The quantitative estimate of drug-likeness (QED) is 0.455. The Morgan fingerprint density at radius 3 is 2.64 bits per heavy atom. The van der Waals surface area contributed by atoms with Crippen LogP contribution in [0.15, 0.2) is 47.6 Å². The Bertz CT molecular complexity index is 642. The standard InChI is InChI=1S/C19H24O6/c1-11(2)18(22)24-15-7-13(9-20)5-4-6-14(10-21)8-16-17(15)12(3)19(23)25-16/h5,8,15-17,20-21H,1,3-4,6-7,9-10H2,2H3/b13-5-,14-8-/t15-,16+,17-/m0/s1. The maximum absolute atomic E-state index is 12.0. The summed E-state index contributed by atoms with van der Waals surface area (Å²) in [4.78, 5) is 24.1. The van der Waals surface area contributed by atoms with Gasteiger partial charge in [-0.2, -0.15) is 0 Å². The first-order valence-corrected chi connectivity index (χ1v) is 8.22. The van der Waals surface area contributed by atoms with Gasteiger partial charge in [0.2, 0.25) is 0 Å². The van der Waals surface area contributed by atoms with Gasteiger partial charge >= 0.3 is 11.9 Å². The molecule has 2 rings (SSSR count). The van der Waals surface area contributed by atoms with Crippen LogP contribution in [-0.4, -0.2) is 47.6 Å². The third kappa shape index (κ3) is 4.46. The molecule has 136 valence electrons. The molecule has 0 radical (unpaired) electrons. The van der Waals surface area contributed by atoms with E-state index in [9.17, 15) is 19.8 Å². The Labute approximate surface area is 147 Å². The maximum atomic E-state index is 12.0. The molecule has 1 heterocycles. The first kappa shape index (κ1) is 19.1. The van der Waals surface area contributed by atoms with Crippen molar-refractivity contribution >= 4 is 11.9 Å². The Kier molecular flexibility index (Phi) is 6.33. The predicted molar refractivity (Wildman–Crippen MR) is 91.4 cm³/mol. The number of hydrogen-bond donors (Lipinski definition) is 2. The number of carbonyl (C=O) groups is 2. The molecule has 1 saturated heterocycles. The molecule has 2 aliphatic rings. The minimum atomic E-state index is -0.721. The molecule has 0 aromatic heterocycles. The van der Waals surface area contributed by atoms with E-state index in [1.54, 1.807) is 6.08 Å². The van der Waals surface area contributed by atoms with Gasteiger partial charge in [0.1, 0.15) is 12.2 Å². The van der Waals surface area contributed by atoms with E-state index >= 15 is 0 Å². The van der Waals surface area contributed by atoms with E-state index < -0.39 is 30.1 Å². The SMILES string of the molecule is C=C(C)C(=O)O[C@H]1C/C(CO)=C/CC/C(CO)=C/[C@H]2OC(=O)C(=C)[C@@H]12. The average molecular weight is 348 g/mol. The van der Waals surface area contributed by atoms with Crippen LogP contribution in [0.25, 0.3) is 0 Å². The van der Waals surface area contributed by atoms with Crippen molar-refractivity contribution in [1.82, 2.24) is 0 Å². The summed E-state index contributed by atoms with van der Waals surface area (Å²) < 4.78 is 10.9. The van der Waals surface area contributed by atoms with E-state index in [4.69, 9.17) is 9.47 Å². The van der Waals surface area contributed by atoms with Crippen molar-refractivity contribution < 1.29 is 29.3 Å². The second-order valence-electron chi connectivity index (χ2n) is 6.39. The van der Waals surface area contributed by atoms with Gasteiger partial charge in [-0.1, -0.05) is 19.2 Å². The minimum absolute atomic E-state index is 0.161. The monoisotopic (exact) mass is 348 g/mol. The van der Waals surface area contributed by atoms with E-state index in [0.717, 1.165) is 5.57 Å². The normalized spacial score (nSPS) is 31.1. The van der Waals surface area contributed by atoms with Gasteiger partial charge < -0.3 is 19.7 Å². The van der Waals surface area contributed by atoms with Gasteiger partial charge in [0, 0.05) is 17.6 Å². The second kappa shape index (κ2) is 8.27. The summed E-state index contributed by atoms with van der Waals surface area (Å²) in [5.74, 6) is -1.70. The smallest absolute Gasteiger partial charge is 0.334 e. The number of fused-ring (bicyclic) bond motifs is 1. The molecule has 6 nitrogen and oxygen atoms in total. The van der Waals surface area contributed by atoms with E-state index in [0.29, 0.717) is 18.4 Å². The van der Waals surface area contributed by atoms with Crippen LogP contribution >= 0.6 is 0 Å². The molecule has 1 aliphatic heterocycles. The number of allylic oxidation sites excluding steroid dienone is 1. The molecule has 6 heteroatoms. The molecule has 0 saturated carbocycles. The lowest BCUT2D eigenvalue weighted by molar-refractivity contribution is -0.147. The van der Waals surface area contributed by atoms with Crippen molar-refractivity contribution in [1.29, 1.82) is 0 Å². The van der Waals surface area contributed by atoms with Gasteiger partial charge in [-0.05, 0) is 37.0 Å². The predicted octanol–water partition coefficient (Wildman–Crippen LogP) is 1.59. The minimum Gasteiger partial charge on any atom is -0.458 e. The zero-order valence-corrected chi connectivity index (χ0v) is 14.4. The molecular formula is C19H24O6. The summed E-state index contributed by atoms with van der Waals surface area (Å²) in [6.45, 7) is 8.56. The highest BCUT2D eigenvalue weighted by Gasteiger charge is 2.44. The second-order valence-corrected chi connectivity index (χ2v) is 6.39. The molecular weight excluding hydrogens is 324 g/mol. The summed E-state index contributed by atoms with van der Waals surface area (Å²) in [7, 11) is 0. The Morgan fingerprint density at radius 2 is 2.04 bits per heavy atom. The lowest BCUT2D eigenvalue weighted by Gasteiger charge is -2.27. The zero-order chi connectivity index (χ0) is 18.6. The van der Waals surface area contributed by atoms with E-state index in [1.165, 1.54) is 6.92 Å². The summed E-state index contributed by atoms with van der Waals surface area (Å²) >= 11 is 0. The fourth-order valence-corrected chi connectivity index (χ4v) is 3.04. The third-order valence-corrected chi connectivity index (χ3v) is 4.44. The number of rotatable bonds is 4. The van der Waals surface area contributed by atoms with E-state index in [1.807, 2.05) is 6.08 Å². The first-order chi connectivity index (χ1) is 11.9. The van der Waals surface area contributed by atoms with E-state index in [2.05, 4.69) is 13.2 Å². The largest absolute Gasteiger partial charge is 0.458 e. The van der Waals surface area contributed by atoms with Crippen LogP contribution in [-0.2, 0) is 19.1 Å². The highest BCUT2D eigenvalue weighted by Crippen LogP contribution is 2.36. The van der Waals surface area contributed by atoms with Crippen LogP contribution in [0.5, 0.6) is 0 Å². The number of ether oxygens (including phenoxy) is 2. The van der Waals surface area contributed by atoms with Crippen molar-refractivity contribution in [2.24, 2.45) is 5.92 Å². The molecule has 2 N–H and O–H groups in total. The Hall–Kier alpha value is -2.18. The van der Waals surface area contributed by atoms with Crippen molar-refractivity contribution in [3.05, 3.63) is 47.6 Å². The zero-order valence-electron chi connectivity index (χ0n) is 14.4. The molecule has 3 atom stereocenters. The number of hydrogen-bond acceptors (Lipinski definition) is 6. The van der Waals surface area contributed by atoms with Gasteiger partial charge in [-0.15, -0.1) is 0 Å². The van der Waals surface area contributed by atoms with Crippen LogP contribution < -0.4 is 0 Å². The molecule has 0 amide bonds. The topological polar surface area (TPSA) is 93.1 Å². The van der Waals surface area contributed by atoms with Crippen molar-refractivity contribution in [3.63, 3.8) is 0 Å². The van der Waals surface area contributed by atoms with Gasteiger partial charge in [0.05, 0.1) is 19.1 Å². The van der Waals surface area contributed by atoms with E-state index in [-0.39, 0.29) is 30.8 Å². The summed E-state index contributed by atoms with van der Waals surface area (Å²) in [6, 6.07) is 0.